The molecule has 1 aromatic carbocycles. The number of ether oxygens (including phenoxy) is 1. The highest BCUT2D eigenvalue weighted by Crippen LogP contribution is 2.16. The average molecular weight is 480 g/mol. The molecule has 33 heavy (non-hydrogen) atoms. The lowest BCUT2D eigenvalue weighted by Gasteiger charge is -2.26. The normalized spacial score (nSPS) is 13.4. The second-order valence-corrected chi connectivity index (χ2v) is 9.81. The minimum absolute atomic E-state index is 0.329. The van der Waals surface area contributed by atoms with Crippen molar-refractivity contribution in [3.8, 4) is 5.75 Å². The van der Waals surface area contributed by atoms with E-state index in [4.69, 9.17) is 10.1 Å². The van der Waals surface area contributed by atoms with E-state index < -0.39 is 9.84 Å². The fourth-order valence-corrected chi connectivity index (χ4v) is 3.56. The van der Waals surface area contributed by atoms with Crippen molar-refractivity contribution in [1.29, 1.82) is 5.41 Å². The van der Waals surface area contributed by atoms with Crippen LogP contribution in [0.5, 0.6) is 5.75 Å². The van der Waals surface area contributed by atoms with Gasteiger partial charge in [0.15, 0.2) is 9.84 Å². The van der Waals surface area contributed by atoms with Crippen molar-refractivity contribution < 1.29 is 13.2 Å². The maximum atomic E-state index is 11.2. The molecule has 1 N–H and O–H groups in total. The third kappa shape index (κ3) is 14.6. The van der Waals surface area contributed by atoms with Crippen molar-refractivity contribution in [2.45, 2.75) is 84.0 Å². The number of guanidine groups is 1. The predicted octanol–water partition coefficient (Wildman–Crippen LogP) is 6.52. The lowest BCUT2D eigenvalue weighted by atomic mass is 10.1. The third-order valence-electron chi connectivity index (χ3n) is 5.00. The first kappa shape index (κ1) is 30.9. The Morgan fingerprint density at radius 2 is 1.70 bits per heavy atom. The Balaban J connectivity index is 0.000000586. The van der Waals surface area contributed by atoms with Gasteiger partial charge in [0.05, 0.1) is 11.5 Å². The molecule has 0 radical (unpaired) electrons. The zero-order valence-electron chi connectivity index (χ0n) is 21.4. The number of allylic oxidation sites excluding steroid dienone is 1. The van der Waals surface area contributed by atoms with Gasteiger partial charge in [0.2, 0.25) is 5.96 Å². The lowest BCUT2D eigenvalue weighted by Crippen LogP contribution is -2.34. The van der Waals surface area contributed by atoms with Crippen molar-refractivity contribution in [3.63, 3.8) is 0 Å². The van der Waals surface area contributed by atoms with Crippen molar-refractivity contribution in [3.05, 3.63) is 36.4 Å². The van der Waals surface area contributed by atoms with Crippen LogP contribution in [0.3, 0.4) is 0 Å². The number of benzene rings is 1. The molecule has 1 aromatic rings. The molecule has 1 fully saturated rings. The van der Waals surface area contributed by atoms with Crippen LogP contribution in [0.4, 0.5) is 0 Å². The fraction of sp³-hybridized carbons (Fsp3) is 0.615. The summed E-state index contributed by atoms with van der Waals surface area (Å²) in [6, 6.07) is 6.57. The van der Waals surface area contributed by atoms with E-state index in [0.717, 1.165) is 37.3 Å². The van der Waals surface area contributed by atoms with Crippen LogP contribution in [0.15, 0.2) is 46.3 Å². The topological polar surface area (TPSA) is 82.8 Å². The number of likely N-dealkylation sites (tertiary alicyclic amines) is 1. The summed E-state index contributed by atoms with van der Waals surface area (Å²) in [5.74, 6) is 1.12. The van der Waals surface area contributed by atoms with Crippen LogP contribution in [0.25, 0.3) is 0 Å². The maximum Gasteiger partial charge on any atom is 0.217 e. The van der Waals surface area contributed by atoms with E-state index in [0.29, 0.717) is 17.5 Å². The van der Waals surface area contributed by atoms with E-state index in [9.17, 15) is 8.42 Å². The van der Waals surface area contributed by atoms with Crippen LogP contribution in [0, 0.1) is 5.41 Å². The van der Waals surface area contributed by atoms with Gasteiger partial charge in [-0.05, 0) is 61.9 Å². The number of unbranched alkanes of at least 4 members (excludes halogenated alkanes) is 3. The summed E-state index contributed by atoms with van der Waals surface area (Å²) in [5, 5.41) is 7.74. The van der Waals surface area contributed by atoms with Crippen molar-refractivity contribution in [2.75, 3.05) is 26.0 Å². The Morgan fingerprint density at radius 1 is 1.09 bits per heavy atom. The van der Waals surface area contributed by atoms with Crippen LogP contribution >= 0.6 is 0 Å². The Bertz CT molecular complexity index is 797. The van der Waals surface area contributed by atoms with Gasteiger partial charge >= 0.3 is 0 Å². The third-order valence-corrected chi connectivity index (χ3v) is 6.13. The molecule has 1 heterocycles. The first-order chi connectivity index (χ1) is 15.8. The van der Waals surface area contributed by atoms with Crippen LogP contribution in [-0.4, -0.2) is 51.4 Å². The predicted molar refractivity (Wildman–Crippen MR) is 142 cm³/mol. The summed E-state index contributed by atoms with van der Waals surface area (Å²) >= 11 is 0. The van der Waals surface area contributed by atoms with Crippen molar-refractivity contribution >= 4 is 22.0 Å². The van der Waals surface area contributed by atoms with Crippen LogP contribution < -0.4 is 4.74 Å². The molecule has 0 unspecified atom stereocenters. The molecule has 0 saturated carbocycles. The van der Waals surface area contributed by atoms with Gasteiger partial charge in [0.25, 0.3) is 0 Å². The highest BCUT2D eigenvalue weighted by atomic mass is 32.2. The molecule has 0 amide bonds. The minimum Gasteiger partial charge on any atom is -0.494 e. The Labute approximate surface area is 202 Å². The number of nitrogens with zero attached hydrogens (tertiary/aromatic N) is 2. The zero-order chi connectivity index (χ0) is 25.1. The van der Waals surface area contributed by atoms with Gasteiger partial charge in [-0.2, -0.15) is 0 Å². The van der Waals surface area contributed by atoms with Gasteiger partial charge in [-0.15, -0.1) is 0 Å². The number of hydrogen-bond donors (Lipinski definition) is 1. The van der Waals surface area contributed by atoms with E-state index in [2.05, 4.69) is 18.5 Å². The number of sulfone groups is 1. The van der Waals surface area contributed by atoms with E-state index >= 15 is 0 Å². The van der Waals surface area contributed by atoms with Gasteiger partial charge in [-0.1, -0.05) is 53.5 Å². The standard InChI is InChI=1S/C13H20O3S.C11H19N3.C2H6/c1-3-4-5-6-11-16-12-7-9-13(10-8-12)17(2,14)15;1-3-10(2)9-13-11(12)14-7-5-4-6-8-14;1-2/h7-10H,3-6,11H2,1-2H3;9,12H,2-8H2,1H3;1-2H3/b;12-11?,13-9-;. The fourth-order valence-electron chi connectivity index (χ4n) is 2.93. The molecule has 0 atom stereocenters. The van der Waals surface area contributed by atoms with Crippen LogP contribution in [-0.2, 0) is 9.84 Å². The van der Waals surface area contributed by atoms with E-state index in [-0.39, 0.29) is 0 Å². The Morgan fingerprint density at radius 3 is 2.21 bits per heavy atom. The summed E-state index contributed by atoms with van der Waals surface area (Å²) in [6.45, 7) is 14.7. The number of nitrogens with one attached hydrogen (secondary N) is 1. The van der Waals surface area contributed by atoms with Crippen LogP contribution in [0.1, 0.15) is 79.1 Å². The quantitative estimate of drug-likeness (QED) is 0.248. The SMILES string of the molecule is C=C(/C=N\C(=N)N1CCCCC1)CC.CC.CCCCCCOc1ccc(S(C)(=O)=O)cc1. The molecule has 1 saturated heterocycles. The molecule has 7 heteroatoms. The molecule has 1 aliphatic rings. The largest absolute Gasteiger partial charge is 0.494 e. The molecular weight excluding hydrogens is 434 g/mol. The minimum atomic E-state index is -3.11. The molecule has 0 bridgehead atoms. The second-order valence-electron chi connectivity index (χ2n) is 7.79. The van der Waals surface area contributed by atoms with E-state index in [1.807, 2.05) is 25.7 Å². The first-order valence-corrected chi connectivity index (χ1v) is 14.1. The second kappa shape index (κ2) is 18.3. The smallest absolute Gasteiger partial charge is 0.217 e. The number of piperidine rings is 1. The molecule has 1 aliphatic heterocycles. The maximum absolute atomic E-state index is 11.2. The number of aliphatic imine (C=N–C) groups is 1. The summed E-state index contributed by atoms with van der Waals surface area (Å²) in [4.78, 5) is 6.46. The van der Waals surface area contributed by atoms with Gasteiger partial charge in [0, 0.05) is 25.6 Å². The molecule has 2 rings (SSSR count). The Kier molecular flexibility index (Phi) is 17.1. The summed E-state index contributed by atoms with van der Waals surface area (Å²) < 4.78 is 28.0. The number of rotatable bonds is 9. The van der Waals surface area contributed by atoms with E-state index in [1.165, 1.54) is 44.8 Å². The highest BCUT2D eigenvalue weighted by molar-refractivity contribution is 7.90. The van der Waals surface area contributed by atoms with Gasteiger partial charge in [0.1, 0.15) is 5.75 Å². The summed E-state index contributed by atoms with van der Waals surface area (Å²) in [5.41, 5.74) is 0.978. The summed E-state index contributed by atoms with van der Waals surface area (Å²) in [7, 11) is -3.11. The molecule has 6 nitrogen and oxygen atoms in total. The van der Waals surface area contributed by atoms with E-state index in [1.54, 1.807) is 30.5 Å². The molecule has 0 aromatic heterocycles. The first-order valence-electron chi connectivity index (χ1n) is 12.3. The lowest BCUT2D eigenvalue weighted by molar-refractivity contribution is 0.305. The molecular formula is C26H45N3O3S. The Hall–Kier alpha value is -2.15. The van der Waals surface area contributed by atoms with Gasteiger partial charge in [-0.25, -0.2) is 13.4 Å². The van der Waals surface area contributed by atoms with Crippen molar-refractivity contribution in [2.24, 2.45) is 4.99 Å². The molecule has 0 aliphatic carbocycles. The monoisotopic (exact) mass is 479 g/mol. The van der Waals surface area contributed by atoms with Crippen molar-refractivity contribution in [1.82, 2.24) is 4.90 Å². The molecule has 188 valence electrons. The molecule has 0 spiro atoms. The average Bonchev–Trinajstić information content (AvgIpc) is 2.84. The van der Waals surface area contributed by atoms with Gasteiger partial charge in [-0.3, -0.25) is 5.41 Å². The zero-order valence-corrected chi connectivity index (χ0v) is 22.2. The number of hydrogen-bond acceptors (Lipinski definition) is 4. The summed E-state index contributed by atoms with van der Waals surface area (Å²) in [6.07, 6.45) is 12.1. The highest BCUT2D eigenvalue weighted by Gasteiger charge is 2.11. The van der Waals surface area contributed by atoms with Gasteiger partial charge < -0.3 is 9.64 Å². The van der Waals surface area contributed by atoms with Crippen LogP contribution in [0.2, 0.25) is 0 Å².